The van der Waals surface area contributed by atoms with Gasteiger partial charge in [0.1, 0.15) is 0 Å². The third-order valence-electron chi connectivity index (χ3n) is 3.55. The number of rotatable bonds is 4. The summed E-state index contributed by atoms with van der Waals surface area (Å²) in [6.45, 7) is 2.00. The fourth-order valence-electron chi connectivity index (χ4n) is 2.57. The molecule has 1 saturated carbocycles. The molecule has 1 aliphatic rings. The Balaban J connectivity index is 1.78. The van der Waals surface area contributed by atoms with Gasteiger partial charge in [-0.05, 0) is 37.8 Å². The summed E-state index contributed by atoms with van der Waals surface area (Å²) in [5.74, 6) is 0. The predicted molar refractivity (Wildman–Crippen MR) is 78.5 cm³/mol. The fourth-order valence-corrected chi connectivity index (χ4v) is 2.78. The molecule has 1 aromatic rings. The van der Waals surface area contributed by atoms with E-state index in [-0.39, 0.29) is 12.1 Å². The minimum atomic E-state index is -0.0635. The Kier molecular flexibility index (Phi) is 5.08. The van der Waals surface area contributed by atoms with Crippen molar-refractivity contribution in [3.05, 3.63) is 34.9 Å². The average molecular weight is 281 g/mol. The summed E-state index contributed by atoms with van der Waals surface area (Å²) in [6, 6.07) is 8.11. The molecule has 1 aliphatic carbocycles. The van der Waals surface area contributed by atoms with Crippen LogP contribution in [0.2, 0.25) is 5.02 Å². The minimum Gasteiger partial charge on any atom is -0.335 e. The molecule has 4 heteroatoms. The summed E-state index contributed by atoms with van der Waals surface area (Å²) in [7, 11) is 0. The molecule has 104 valence electrons. The van der Waals surface area contributed by atoms with Crippen LogP contribution in [-0.4, -0.2) is 18.1 Å². The van der Waals surface area contributed by atoms with E-state index in [0.29, 0.717) is 6.04 Å². The van der Waals surface area contributed by atoms with Gasteiger partial charge in [0.15, 0.2) is 0 Å². The summed E-state index contributed by atoms with van der Waals surface area (Å²) < 4.78 is 0. The lowest BCUT2D eigenvalue weighted by molar-refractivity contribution is 0.234. The third kappa shape index (κ3) is 4.43. The molecular weight excluding hydrogens is 260 g/mol. The molecule has 1 atom stereocenters. The van der Waals surface area contributed by atoms with Gasteiger partial charge in [-0.25, -0.2) is 4.79 Å². The van der Waals surface area contributed by atoms with Crippen molar-refractivity contribution in [1.82, 2.24) is 10.6 Å². The van der Waals surface area contributed by atoms with Gasteiger partial charge in [-0.15, -0.1) is 0 Å². The lowest BCUT2D eigenvalue weighted by Gasteiger charge is -2.18. The Labute approximate surface area is 119 Å². The Morgan fingerprint density at radius 2 is 2.05 bits per heavy atom. The van der Waals surface area contributed by atoms with Crippen molar-refractivity contribution in [2.24, 2.45) is 0 Å². The highest BCUT2D eigenvalue weighted by Gasteiger charge is 2.18. The summed E-state index contributed by atoms with van der Waals surface area (Å²) in [5, 5.41) is 6.76. The Hall–Kier alpha value is -1.22. The minimum absolute atomic E-state index is 0.0635. The van der Waals surface area contributed by atoms with E-state index in [1.54, 1.807) is 0 Å². The van der Waals surface area contributed by atoms with E-state index in [9.17, 15) is 4.79 Å². The molecule has 2 rings (SSSR count). The molecule has 0 radical (unpaired) electrons. The molecule has 0 spiro atoms. The van der Waals surface area contributed by atoms with Crippen molar-refractivity contribution in [1.29, 1.82) is 0 Å². The van der Waals surface area contributed by atoms with Gasteiger partial charge in [0.25, 0.3) is 0 Å². The monoisotopic (exact) mass is 280 g/mol. The molecule has 2 amide bonds. The van der Waals surface area contributed by atoms with Gasteiger partial charge in [0.2, 0.25) is 0 Å². The van der Waals surface area contributed by atoms with Crippen molar-refractivity contribution in [2.75, 3.05) is 0 Å². The van der Waals surface area contributed by atoms with Crippen molar-refractivity contribution in [3.63, 3.8) is 0 Å². The highest BCUT2D eigenvalue weighted by molar-refractivity contribution is 6.31. The van der Waals surface area contributed by atoms with E-state index < -0.39 is 0 Å². The number of urea groups is 1. The quantitative estimate of drug-likeness (QED) is 0.871. The summed E-state index contributed by atoms with van der Waals surface area (Å²) >= 11 is 6.11. The van der Waals surface area contributed by atoms with Gasteiger partial charge in [0, 0.05) is 17.1 Å². The van der Waals surface area contributed by atoms with Crippen LogP contribution in [0.15, 0.2) is 24.3 Å². The molecule has 0 saturated heterocycles. The van der Waals surface area contributed by atoms with Crippen LogP contribution in [0.5, 0.6) is 0 Å². The van der Waals surface area contributed by atoms with Crippen LogP contribution >= 0.6 is 11.6 Å². The van der Waals surface area contributed by atoms with Gasteiger partial charge >= 0.3 is 6.03 Å². The zero-order valence-corrected chi connectivity index (χ0v) is 12.0. The number of carbonyl (C=O) groups is 1. The van der Waals surface area contributed by atoms with Crippen molar-refractivity contribution < 1.29 is 4.79 Å². The second-order valence-corrected chi connectivity index (χ2v) is 5.70. The van der Waals surface area contributed by atoms with Crippen LogP contribution in [-0.2, 0) is 6.42 Å². The van der Waals surface area contributed by atoms with Crippen molar-refractivity contribution >= 4 is 17.6 Å². The standard InChI is InChI=1S/C15H21ClN2O/c1-11(10-12-6-2-5-9-14(12)16)17-15(19)18-13-7-3-4-8-13/h2,5-6,9,11,13H,3-4,7-8,10H2,1H3,(H2,17,18,19). The van der Waals surface area contributed by atoms with E-state index in [1.165, 1.54) is 12.8 Å². The Morgan fingerprint density at radius 3 is 2.74 bits per heavy atom. The van der Waals surface area contributed by atoms with Gasteiger partial charge in [-0.1, -0.05) is 42.6 Å². The van der Waals surface area contributed by atoms with E-state index >= 15 is 0 Å². The lowest BCUT2D eigenvalue weighted by Crippen LogP contribution is -2.45. The van der Waals surface area contributed by atoms with E-state index in [1.807, 2.05) is 31.2 Å². The zero-order chi connectivity index (χ0) is 13.7. The highest BCUT2D eigenvalue weighted by Crippen LogP contribution is 2.18. The SMILES string of the molecule is CC(Cc1ccccc1Cl)NC(=O)NC1CCCC1. The second kappa shape index (κ2) is 6.80. The molecule has 0 aromatic heterocycles. The number of amides is 2. The van der Waals surface area contributed by atoms with E-state index in [4.69, 9.17) is 11.6 Å². The second-order valence-electron chi connectivity index (χ2n) is 5.30. The normalized spacial score (nSPS) is 17.2. The van der Waals surface area contributed by atoms with Crippen LogP contribution < -0.4 is 10.6 Å². The van der Waals surface area contributed by atoms with E-state index in [0.717, 1.165) is 29.8 Å². The number of halogens is 1. The molecule has 1 fully saturated rings. The predicted octanol–water partition coefficient (Wildman–Crippen LogP) is 3.51. The summed E-state index contributed by atoms with van der Waals surface area (Å²) in [4.78, 5) is 11.8. The van der Waals surface area contributed by atoms with Crippen molar-refractivity contribution in [2.45, 2.75) is 51.1 Å². The topological polar surface area (TPSA) is 41.1 Å². The number of hydrogen-bond acceptors (Lipinski definition) is 1. The summed E-state index contributed by atoms with van der Waals surface area (Å²) in [5.41, 5.74) is 1.07. The number of hydrogen-bond donors (Lipinski definition) is 2. The lowest BCUT2D eigenvalue weighted by atomic mass is 10.1. The molecule has 1 unspecified atom stereocenters. The Bertz CT molecular complexity index is 430. The van der Waals surface area contributed by atoms with Gasteiger partial charge in [-0.3, -0.25) is 0 Å². The first-order valence-corrected chi connectivity index (χ1v) is 7.33. The first kappa shape index (κ1) is 14.2. The first-order chi connectivity index (χ1) is 9.15. The molecule has 1 aromatic carbocycles. The maximum atomic E-state index is 11.8. The van der Waals surface area contributed by atoms with Crippen LogP contribution in [0.1, 0.15) is 38.2 Å². The van der Waals surface area contributed by atoms with Gasteiger partial charge in [-0.2, -0.15) is 0 Å². The summed E-state index contributed by atoms with van der Waals surface area (Å²) in [6.07, 6.45) is 5.40. The van der Waals surface area contributed by atoms with Gasteiger partial charge in [0.05, 0.1) is 0 Å². The van der Waals surface area contributed by atoms with Crippen LogP contribution in [0, 0.1) is 0 Å². The first-order valence-electron chi connectivity index (χ1n) is 6.95. The van der Waals surface area contributed by atoms with Crippen LogP contribution in [0.3, 0.4) is 0 Å². The smallest absolute Gasteiger partial charge is 0.315 e. The van der Waals surface area contributed by atoms with E-state index in [2.05, 4.69) is 10.6 Å². The van der Waals surface area contributed by atoms with Crippen LogP contribution in [0.4, 0.5) is 4.79 Å². The average Bonchev–Trinajstić information content (AvgIpc) is 2.84. The molecule has 0 bridgehead atoms. The molecule has 19 heavy (non-hydrogen) atoms. The Morgan fingerprint density at radius 1 is 1.37 bits per heavy atom. The van der Waals surface area contributed by atoms with Crippen LogP contribution in [0.25, 0.3) is 0 Å². The number of benzene rings is 1. The molecule has 0 aliphatic heterocycles. The maximum absolute atomic E-state index is 11.8. The largest absolute Gasteiger partial charge is 0.335 e. The third-order valence-corrected chi connectivity index (χ3v) is 3.92. The molecular formula is C15H21ClN2O. The van der Waals surface area contributed by atoms with Crippen molar-refractivity contribution in [3.8, 4) is 0 Å². The molecule has 2 N–H and O–H groups in total. The maximum Gasteiger partial charge on any atom is 0.315 e. The number of nitrogens with one attached hydrogen (secondary N) is 2. The fraction of sp³-hybridized carbons (Fsp3) is 0.533. The molecule has 3 nitrogen and oxygen atoms in total. The highest BCUT2D eigenvalue weighted by atomic mass is 35.5. The molecule has 0 heterocycles. The number of carbonyl (C=O) groups excluding carboxylic acids is 1. The zero-order valence-electron chi connectivity index (χ0n) is 11.3. The van der Waals surface area contributed by atoms with Gasteiger partial charge < -0.3 is 10.6 Å².